The molecule has 0 fully saturated rings. The number of carbonyl (C=O) groups is 2. The first-order chi connectivity index (χ1) is 22.4. The van der Waals surface area contributed by atoms with Gasteiger partial charge in [-0.15, -0.1) is 12.8 Å². The van der Waals surface area contributed by atoms with Crippen LogP contribution in [-0.4, -0.2) is 72.8 Å². The molecule has 0 unspecified atom stereocenters. The lowest BCUT2D eigenvalue weighted by molar-refractivity contribution is -0.159. The van der Waals surface area contributed by atoms with Gasteiger partial charge in [0, 0.05) is 13.5 Å². The minimum absolute atomic E-state index is 0.00786. The van der Waals surface area contributed by atoms with E-state index in [-0.39, 0.29) is 58.4 Å². The summed E-state index contributed by atoms with van der Waals surface area (Å²) in [6.45, 7) is -0.0750. The molecule has 242 valence electrons. The molecule has 0 spiro atoms. The number of nitrogens with one attached hydrogen (secondary N) is 1. The maximum atomic E-state index is 12.7. The van der Waals surface area contributed by atoms with Gasteiger partial charge in [0.1, 0.15) is 36.9 Å². The zero-order valence-electron chi connectivity index (χ0n) is 26.6. The maximum Gasteiger partial charge on any atom is 0.306 e. The predicted octanol–water partition coefficient (Wildman–Crippen LogP) is 4.37. The molecule has 0 radical (unpaired) electrons. The van der Waals surface area contributed by atoms with Gasteiger partial charge in [-0.05, 0) is 41.0 Å². The Labute approximate surface area is 271 Å². The molecule has 0 aliphatic rings. The molecule has 1 amide bonds. The van der Waals surface area contributed by atoms with E-state index >= 15 is 0 Å². The second-order valence-electron chi connectivity index (χ2n) is 10.5. The molecule has 0 aromatic heterocycles. The molecule has 0 aliphatic carbocycles. The number of hydrogen-bond donors (Lipinski definition) is 1. The number of amides is 1. The van der Waals surface area contributed by atoms with Crippen molar-refractivity contribution >= 4 is 11.9 Å². The minimum Gasteiger partial charge on any atom is -0.497 e. The summed E-state index contributed by atoms with van der Waals surface area (Å²) in [7, 11) is 4.72. The average molecular weight is 628 g/mol. The van der Waals surface area contributed by atoms with Crippen LogP contribution in [0.3, 0.4) is 0 Å². The Morgan fingerprint density at radius 1 is 0.696 bits per heavy atom. The molecule has 0 saturated heterocycles. The van der Waals surface area contributed by atoms with Crippen LogP contribution in [0.25, 0.3) is 0 Å². The van der Waals surface area contributed by atoms with Crippen LogP contribution in [0.5, 0.6) is 11.5 Å². The molecule has 0 aliphatic heterocycles. The van der Waals surface area contributed by atoms with Gasteiger partial charge in [0.25, 0.3) is 0 Å². The van der Waals surface area contributed by atoms with Crippen LogP contribution in [0.2, 0.25) is 0 Å². The second kappa shape index (κ2) is 18.2. The van der Waals surface area contributed by atoms with E-state index in [0.29, 0.717) is 11.5 Å². The van der Waals surface area contributed by atoms with Crippen molar-refractivity contribution in [1.29, 1.82) is 0 Å². The number of methoxy groups -OCH3 is 2. The molecule has 1 N–H and O–H groups in total. The number of benzene rings is 3. The van der Waals surface area contributed by atoms with E-state index in [2.05, 4.69) is 17.2 Å². The highest BCUT2D eigenvalue weighted by Crippen LogP contribution is 2.43. The molecule has 46 heavy (non-hydrogen) atoms. The molecular weight excluding hydrogens is 586 g/mol. The molecular formula is C37H41NO8. The Morgan fingerprint density at radius 3 is 1.65 bits per heavy atom. The van der Waals surface area contributed by atoms with Crippen LogP contribution in [0.4, 0.5) is 0 Å². The van der Waals surface area contributed by atoms with Crippen molar-refractivity contribution in [1.82, 2.24) is 5.32 Å². The SMILES string of the molecule is C#CCOCC(COCC#C)(COC(=O)CCC(=O)NC)COC(c1ccccc1)(c1ccc(OC)cc1)c1ccc(OC)cc1. The molecule has 9 heteroatoms. The summed E-state index contributed by atoms with van der Waals surface area (Å²) in [4.78, 5) is 24.5. The average Bonchev–Trinajstić information content (AvgIpc) is 3.11. The summed E-state index contributed by atoms with van der Waals surface area (Å²) in [6, 6.07) is 25.0. The zero-order valence-corrected chi connectivity index (χ0v) is 26.6. The standard InChI is InChI=1S/C37H41NO8/c1-6-23-43-25-36(26-44-24-7-2,27-45-35(40)22-21-34(39)38-3)28-46-37(29-11-9-8-10-12-29,30-13-17-32(41-4)18-14-30)31-15-19-33(42-5)20-16-31/h1-2,8-20H,21-28H2,3-5H3,(H,38,39). The summed E-state index contributed by atoms with van der Waals surface area (Å²) >= 11 is 0. The third-order valence-corrected chi connectivity index (χ3v) is 7.33. The highest BCUT2D eigenvalue weighted by molar-refractivity contribution is 5.81. The fraction of sp³-hybridized carbons (Fsp3) is 0.351. The summed E-state index contributed by atoms with van der Waals surface area (Å²) in [6.07, 6.45) is 10.9. The van der Waals surface area contributed by atoms with E-state index < -0.39 is 17.0 Å². The van der Waals surface area contributed by atoms with Crippen molar-refractivity contribution in [3.63, 3.8) is 0 Å². The fourth-order valence-corrected chi connectivity index (χ4v) is 4.88. The van der Waals surface area contributed by atoms with E-state index in [4.69, 9.17) is 41.3 Å². The van der Waals surface area contributed by atoms with Gasteiger partial charge in [-0.25, -0.2) is 0 Å². The van der Waals surface area contributed by atoms with Crippen molar-refractivity contribution in [2.24, 2.45) is 5.41 Å². The van der Waals surface area contributed by atoms with Crippen LogP contribution in [0.1, 0.15) is 29.5 Å². The number of ether oxygens (including phenoxy) is 6. The lowest BCUT2D eigenvalue weighted by atomic mass is 9.79. The third-order valence-electron chi connectivity index (χ3n) is 7.33. The molecule has 0 bridgehead atoms. The van der Waals surface area contributed by atoms with Crippen molar-refractivity contribution in [3.05, 3.63) is 95.6 Å². The summed E-state index contributed by atoms with van der Waals surface area (Å²) in [5.74, 6) is 5.49. The third kappa shape index (κ3) is 9.60. The Morgan fingerprint density at radius 2 is 1.20 bits per heavy atom. The minimum atomic E-state index is -1.16. The van der Waals surface area contributed by atoms with E-state index in [1.54, 1.807) is 14.2 Å². The van der Waals surface area contributed by atoms with Gasteiger partial charge in [-0.1, -0.05) is 66.4 Å². The van der Waals surface area contributed by atoms with Crippen LogP contribution < -0.4 is 14.8 Å². The van der Waals surface area contributed by atoms with E-state index in [9.17, 15) is 9.59 Å². The summed E-state index contributed by atoms with van der Waals surface area (Å²) < 4.78 is 35.4. The Bertz CT molecular complexity index is 1390. The Balaban J connectivity index is 2.13. The van der Waals surface area contributed by atoms with Crippen molar-refractivity contribution < 1.29 is 38.0 Å². The van der Waals surface area contributed by atoms with E-state index in [0.717, 1.165) is 16.7 Å². The monoisotopic (exact) mass is 627 g/mol. The molecule has 3 aromatic rings. The van der Waals surface area contributed by atoms with Crippen LogP contribution in [0.15, 0.2) is 78.9 Å². The molecule has 9 nitrogen and oxygen atoms in total. The smallest absolute Gasteiger partial charge is 0.306 e. The molecule has 0 heterocycles. The predicted molar refractivity (Wildman–Crippen MR) is 174 cm³/mol. The first kappa shape index (κ1) is 35.7. The van der Waals surface area contributed by atoms with Gasteiger partial charge >= 0.3 is 5.97 Å². The lowest BCUT2D eigenvalue weighted by Crippen LogP contribution is -2.46. The van der Waals surface area contributed by atoms with Gasteiger partial charge in [-0.3, -0.25) is 9.59 Å². The van der Waals surface area contributed by atoms with Gasteiger partial charge in [0.05, 0.1) is 45.9 Å². The topological polar surface area (TPSA) is 102 Å². The van der Waals surface area contributed by atoms with Gasteiger partial charge in [0.2, 0.25) is 5.91 Å². The first-order valence-corrected chi connectivity index (χ1v) is 14.7. The van der Waals surface area contributed by atoms with Gasteiger partial charge in [0.15, 0.2) is 0 Å². The number of hydrogen-bond acceptors (Lipinski definition) is 8. The largest absolute Gasteiger partial charge is 0.497 e. The van der Waals surface area contributed by atoms with Crippen molar-refractivity contribution in [2.75, 3.05) is 60.9 Å². The lowest BCUT2D eigenvalue weighted by Gasteiger charge is -2.40. The normalized spacial score (nSPS) is 11.2. The number of terminal acetylenes is 2. The van der Waals surface area contributed by atoms with Crippen LogP contribution in [-0.2, 0) is 34.1 Å². The van der Waals surface area contributed by atoms with Crippen molar-refractivity contribution in [2.45, 2.75) is 18.4 Å². The Kier molecular flexibility index (Phi) is 14.1. The zero-order chi connectivity index (χ0) is 33.3. The van der Waals surface area contributed by atoms with E-state index in [1.165, 1.54) is 7.05 Å². The number of rotatable bonds is 19. The number of carbonyl (C=O) groups excluding carboxylic acids is 2. The highest BCUT2D eigenvalue weighted by Gasteiger charge is 2.42. The second-order valence-corrected chi connectivity index (χ2v) is 10.5. The molecule has 0 saturated carbocycles. The highest BCUT2D eigenvalue weighted by atomic mass is 16.6. The fourth-order valence-electron chi connectivity index (χ4n) is 4.88. The molecule has 0 atom stereocenters. The maximum absolute atomic E-state index is 12.7. The van der Waals surface area contributed by atoms with Crippen molar-refractivity contribution in [3.8, 4) is 36.2 Å². The van der Waals surface area contributed by atoms with Gasteiger partial charge in [-0.2, -0.15) is 0 Å². The first-order valence-electron chi connectivity index (χ1n) is 14.7. The van der Waals surface area contributed by atoms with Crippen LogP contribution >= 0.6 is 0 Å². The molecule has 3 aromatic carbocycles. The molecule has 3 rings (SSSR count). The van der Waals surface area contributed by atoms with Crippen LogP contribution in [0, 0.1) is 30.1 Å². The number of esters is 1. The summed E-state index contributed by atoms with van der Waals surface area (Å²) in [5.41, 5.74) is 0.267. The Hall–Kier alpha value is -4.80. The van der Waals surface area contributed by atoms with Gasteiger partial charge < -0.3 is 33.7 Å². The summed E-state index contributed by atoms with van der Waals surface area (Å²) in [5, 5.41) is 2.50. The quantitative estimate of drug-likeness (QED) is 0.0906. The van der Waals surface area contributed by atoms with E-state index in [1.807, 2.05) is 78.9 Å².